The van der Waals surface area contributed by atoms with Gasteiger partial charge in [0.15, 0.2) is 12.4 Å². The Morgan fingerprint density at radius 3 is 2.45 bits per heavy atom. The standard InChI is InChI=1S/C16H15NO5/c1-2-21-14-8-6-12(7-9-14)16(18)11-22-15-5-3-4-13(10-15)17(19)20/h3-10H,2,11H2,1H3. The molecule has 0 aromatic heterocycles. The van der Waals surface area contributed by atoms with Crippen LogP contribution in [-0.2, 0) is 0 Å². The number of carbonyl (C=O) groups excluding carboxylic acids is 1. The minimum Gasteiger partial charge on any atom is -0.494 e. The first-order valence-electron chi connectivity index (χ1n) is 6.73. The van der Waals surface area contributed by atoms with Gasteiger partial charge in [-0.1, -0.05) is 6.07 Å². The summed E-state index contributed by atoms with van der Waals surface area (Å²) in [6, 6.07) is 12.5. The topological polar surface area (TPSA) is 78.7 Å². The highest BCUT2D eigenvalue weighted by Gasteiger charge is 2.10. The molecule has 0 saturated carbocycles. The quantitative estimate of drug-likeness (QED) is 0.445. The van der Waals surface area contributed by atoms with E-state index in [0.717, 1.165) is 0 Å². The average molecular weight is 301 g/mol. The summed E-state index contributed by atoms with van der Waals surface area (Å²) in [6.45, 7) is 2.25. The van der Waals surface area contributed by atoms with Crippen LogP contribution in [-0.4, -0.2) is 23.9 Å². The van der Waals surface area contributed by atoms with Crippen molar-refractivity contribution in [3.8, 4) is 11.5 Å². The zero-order chi connectivity index (χ0) is 15.9. The van der Waals surface area contributed by atoms with Gasteiger partial charge in [-0.15, -0.1) is 0 Å². The number of rotatable bonds is 7. The van der Waals surface area contributed by atoms with Crippen LogP contribution in [0.2, 0.25) is 0 Å². The molecule has 114 valence electrons. The van der Waals surface area contributed by atoms with Crippen molar-refractivity contribution < 1.29 is 19.2 Å². The van der Waals surface area contributed by atoms with Crippen LogP contribution in [0.25, 0.3) is 0 Å². The first-order chi connectivity index (χ1) is 10.6. The van der Waals surface area contributed by atoms with Crippen LogP contribution < -0.4 is 9.47 Å². The third kappa shape index (κ3) is 4.05. The molecule has 0 aliphatic heterocycles. The van der Waals surface area contributed by atoms with E-state index in [2.05, 4.69) is 0 Å². The van der Waals surface area contributed by atoms with Crippen molar-refractivity contribution in [2.45, 2.75) is 6.92 Å². The maximum atomic E-state index is 12.0. The van der Waals surface area contributed by atoms with Crippen molar-refractivity contribution in [2.75, 3.05) is 13.2 Å². The van der Waals surface area contributed by atoms with E-state index in [-0.39, 0.29) is 23.8 Å². The molecule has 0 atom stereocenters. The Labute approximate surface area is 127 Å². The molecule has 0 fully saturated rings. The molecule has 0 radical (unpaired) electrons. The van der Waals surface area contributed by atoms with Gasteiger partial charge in [-0.25, -0.2) is 0 Å². The normalized spacial score (nSPS) is 10.0. The van der Waals surface area contributed by atoms with E-state index in [9.17, 15) is 14.9 Å². The average Bonchev–Trinajstić information content (AvgIpc) is 2.54. The van der Waals surface area contributed by atoms with Crippen molar-refractivity contribution in [1.82, 2.24) is 0 Å². The van der Waals surface area contributed by atoms with E-state index >= 15 is 0 Å². The molecule has 0 bridgehead atoms. The molecule has 0 N–H and O–H groups in total. The van der Waals surface area contributed by atoms with Gasteiger partial charge in [0.1, 0.15) is 11.5 Å². The Balaban J connectivity index is 1.97. The number of nitro benzene ring substituents is 1. The summed E-state index contributed by atoms with van der Waals surface area (Å²) in [5.74, 6) is 0.765. The lowest BCUT2D eigenvalue weighted by molar-refractivity contribution is -0.384. The van der Waals surface area contributed by atoms with Crippen LogP contribution in [0.4, 0.5) is 5.69 Å². The van der Waals surface area contributed by atoms with E-state index in [0.29, 0.717) is 17.9 Å². The molecule has 6 nitrogen and oxygen atoms in total. The number of Topliss-reactive ketones (excluding diaryl/α,β-unsaturated/α-hetero) is 1. The lowest BCUT2D eigenvalue weighted by Crippen LogP contribution is -2.11. The van der Waals surface area contributed by atoms with Crippen LogP contribution in [0.15, 0.2) is 48.5 Å². The van der Waals surface area contributed by atoms with Crippen LogP contribution in [0.3, 0.4) is 0 Å². The Kier molecular flexibility index (Phi) is 5.08. The van der Waals surface area contributed by atoms with Crippen LogP contribution in [0, 0.1) is 10.1 Å². The number of nitro groups is 1. The Hall–Kier alpha value is -2.89. The van der Waals surface area contributed by atoms with Crippen molar-refractivity contribution >= 4 is 11.5 Å². The fourth-order valence-corrected chi connectivity index (χ4v) is 1.82. The number of hydrogen-bond donors (Lipinski definition) is 0. The monoisotopic (exact) mass is 301 g/mol. The van der Waals surface area contributed by atoms with Crippen molar-refractivity contribution in [3.05, 3.63) is 64.2 Å². The van der Waals surface area contributed by atoms with Gasteiger partial charge < -0.3 is 9.47 Å². The molecule has 6 heteroatoms. The van der Waals surface area contributed by atoms with Gasteiger partial charge in [-0.2, -0.15) is 0 Å². The molecule has 0 spiro atoms. The van der Waals surface area contributed by atoms with Crippen LogP contribution >= 0.6 is 0 Å². The van der Waals surface area contributed by atoms with E-state index in [4.69, 9.17) is 9.47 Å². The number of non-ortho nitro benzene ring substituents is 1. The molecule has 0 unspecified atom stereocenters. The molecule has 2 rings (SSSR count). The highest BCUT2D eigenvalue weighted by molar-refractivity contribution is 5.97. The van der Waals surface area contributed by atoms with Gasteiger partial charge in [-0.3, -0.25) is 14.9 Å². The summed E-state index contributed by atoms with van der Waals surface area (Å²) >= 11 is 0. The summed E-state index contributed by atoms with van der Waals surface area (Å²) < 4.78 is 10.6. The highest BCUT2D eigenvalue weighted by Crippen LogP contribution is 2.19. The summed E-state index contributed by atoms with van der Waals surface area (Å²) in [5.41, 5.74) is 0.417. The van der Waals surface area contributed by atoms with E-state index in [1.54, 1.807) is 30.3 Å². The third-order valence-electron chi connectivity index (χ3n) is 2.89. The van der Waals surface area contributed by atoms with Gasteiger partial charge >= 0.3 is 0 Å². The van der Waals surface area contributed by atoms with Gasteiger partial charge in [-0.05, 0) is 37.3 Å². The Morgan fingerprint density at radius 1 is 1.09 bits per heavy atom. The molecular weight excluding hydrogens is 286 g/mol. The Morgan fingerprint density at radius 2 is 1.82 bits per heavy atom. The van der Waals surface area contributed by atoms with Gasteiger partial charge in [0, 0.05) is 11.6 Å². The zero-order valence-electron chi connectivity index (χ0n) is 12.0. The number of nitrogens with zero attached hydrogens (tertiary/aromatic N) is 1. The van der Waals surface area contributed by atoms with E-state index < -0.39 is 4.92 Å². The molecule has 0 aliphatic carbocycles. The Bertz CT molecular complexity index is 666. The smallest absolute Gasteiger partial charge is 0.273 e. The summed E-state index contributed by atoms with van der Waals surface area (Å²) in [5, 5.41) is 10.7. The summed E-state index contributed by atoms with van der Waals surface area (Å²) in [7, 11) is 0. The van der Waals surface area contributed by atoms with Crippen molar-refractivity contribution in [1.29, 1.82) is 0 Å². The summed E-state index contributed by atoms with van der Waals surface area (Å²) in [4.78, 5) is 22.2. The van der Waals surface area contributed by atoms with Crippen molar-refractivity contribution in [3.63, 3.8) is 0 Å². The zero-order valence-corrected chi connectivity index (χ0v) is 12.0. The predicted molar refractivity (Wildman–Crippen MR) is 80.5 cm³/mol. The lowest BCUT2D eigenvalue weighted by atomic mass is 10.1. The number of hydrogen-bond acceptors (Lipinski definition) is 5. The molecule has 22 heavy (non-hydrogen) atoms. The van der Waals surface area contributed by atoms with Crippen LogP contribution in [0.1, 0.15) is 17.3 Å². The predicted octanol–water partition coefficient (Wildman–Crippen LogP) is 3.26. The number of ketones is 1. The first-order valence-corrected chi connectivity index (χ1v) is 6.73. The van der Waals surface area contributed by atoms with E-state index in [1.165, 1.54) is 18.2 Å². The minimum absolute atomic E-state index is 0.0778. The number of benzene rings is 2. The molecule has 0 aliphatic rings. The number of ether oxygens (including phenoxy) is 2. The fourth-order valence-electron chi connectivity index (χ4n) is 1.82. The highest BCUT2D eigenvalue weighted by atomic mass is 16.6. The lowest BCUT2D eigenvalue weighted by Gasteiger charge is -2.06. The maximum absolute atomic E-state index is 12.0. The molecular formula is C16H15NO5. The second-order valence-electron chi connectivity index (χ2n) is 4.42. The van der Waals surface area contributed by atoms with Crippen molar-refractivity contribution in [2.24, 2.45) is 0 Å². The summed E-state index contributed by atoms with van der Waals surface area (Å²) in [6.07, 6.45) is 0. The molecule has 0 heterocycles. The second-order valence-corrected chi connectivity index (χ2v) is 4.42. The van der Waals surface area contributed by atoms with E-state index in [1.807, 2.05) is 6.92 Å². The maximum Gasteiger partial charge on any atom is 0.273 e. The molecule has 0 saturated heterocycles. The van der Waals surface area contributed by atoms with Gasteiger partial charge in [0.05, 0.1) is 17.6 Å². The first kappa shape index (κ1) is 15.5. The molecule has 2 aromatic carbocycles. The van der Waals surface area contributed by atoms with Gasteiger partial charge in [0.25, 0.3) is 5.69 Å². The third-order valence-corrected chi connectivity index (χ3v) is 2.89. The second kappa shape index (κ2) is 7.21. The largest absolute Gasteiger partial charge is 0.494 e. The molecule has 2 aromatic rings. The van der Waals surface area contributed by atoms with Crippen LogP contribution in [0.5, 0.6) is 11.5 Å². The van der Waals surface area contributed by atoms with Gasteiger partial charge in [0.2, 0.25) is 0 Å². The minimum atomic E-state index is -0.513. The molecule has 0 amide bonds. The fraction of sp³-hybridized carbons (Fsp3) is 0.188. The number of carbonyl (C=O) groups is 1. The SMILES string of the molecule is CCOc1ccc(C(=O)COc2cccc([N+](=O)[O-])c2)cc1.